The Balaban J connectivity index is 0.00000300. The van der Waals surface area contributed by atoms with Crippen LogP contribution in [0.25, 0.3) is 0 Å². The highest BCUT2D eigenvalue weighted by Crippen LogP contribution is 2.40. The summed E-state index contributed by atoms with van der Waals surface area (Å²) < 4.78 is 5.78. The number of rotatable bonds is 6. The predicted molar refractivity (Wildman–Crippen MR) is 128 cm³/mol. The number of likely N-dealkylation sites (N-methyl/N-ethyl adjacent to an activating group) is 1. The second kappa shape index (κ2) is 11.0. The van der Waals surface area contributed by atoms with Crippen LogP contribution in [0.3, 0.4) is 0 Å². The van der Waals surface area contributed by atoms with E-state index in [-0.39, 0.29) is 42.5 Å². The summed E-state index contributed by atoms with van der Waals surface area (Å²) in [6, 6.07) is 8.27. The van der Waals surface area contributed by atoms with E-state index in [2.05, 4.69) is 28.6 Å². The largest absolute Gasteiger partial charge is 0.493 e. The first kappa shape index (κ1) is 23.8. The average molecular weight is 514 g/mol. The summed E-state index contributed by atoms with van der Waals surface area (Å²) in [7, 11) is 3.52. The van der Waals surface area contributed by atoms with Gasteiger partial charge in [-0.3, -0.25) is 4.79 Å². The van der Waals surface area contributed by atoms with E-state index in [4.69, 9.17) is 4.74 Å². The number of ether oxygens (including phenoxy) is 1. The molecule has 1 fully saturated rings. The first-order valence-corrected chi connectivity index (χ1v) is 10.5. The quantitative estimate of drug-likeness (QED) is 0.345. The smallest absolute Gasteiger partial charge is 0.243 e. The maximum Gasteiger partial charge on any atom is 0.243 e. The van der Waals surface area contributed by atoms with Gasteiger partial charge >= 0.3 is 0 Å². The van der Waals surface area contributed by atoms with Crippen molar-refractivity contribution in [1.82, 2.24) is 15.5 Å². The number of hydrogen-bond acceptors (Lipinski definition) is 3. The number of hydrogen-bond donors (Lipinski definition) is 2. The average Bonchev–Trinajstić information content (AvgIpc) is 3.19. The first-order valence-electron chi connectivity index (χ1n) is 10.5. The third-order valence-corrected chi connectivity index (χ3v) is 6.19. The van der Waals surface area contributed by atoms with Crippen molar-refractivity contribution in [3.05, 3.63) is 29.8 Å². The molecule has 3 rings (SSSR count). The number of aliphatic imine (C=N–C) groups is 1. The zero-order chi connectivity index (χ0) is 20.0. The third-order valence-electron chi connectivity index (χ3n) is 6.19. The number of para-hydroxylation sites is 1. The van der Waals surface area contributed by atoms with Gasteiger partial charge in [-0.1, -0.05) is 38.0 Å². The lowest BCUT2D eigenvalue weighted by molar-refractivity contribution is -0.127. The molecule has 0 saturated heterocycles. The molecule has 1 aromatic rings. The summed E-state index contributed by atoms with van der Waals surface area (Å²) in [6.45, 7) is 4.00. The highest BCUT2D eigenvalue weighted by Gasteiger charge is 2.32. The van der Waals surface area contributed by atoms with Crippen molar-refractivity contribution in [2.45, 2.75) is 51.5 Å². The fraction of sp³-hybridized carbons (Fsp3) is 0.636. The molecule has 0 spiro atoms. The van der Waals surface area contributed by atoms with Crippen LogP contribution >= 0.6 is 24.0 Å². The Morgan fingerprint density at radius 2 is 2.00 bits per heavy atom. The van der Waals surface area contributed by atoms with Crippen LogP contribution in [0.5, 0.6) is 5.75 Å². The molecule has 29 heavy (non-hydrogen) atoms. The molecule has 1 heterocycles. The molecule has 2 N–H and O–H groups in total. The van der Waals surface area contributed by atoms with Crippen LogP contribution in [0, 0.1) is 5.41 Å². The summed E-state index contributed by atoms with van der Waals surface area (Å²) >= 11 is 0. The van der Waals surface area contributed by atoms with E-state index in [1.54, 1.807) is 19.0 Å². The van der Waals surface area contributed by atoms with Gasteiger partial charge < -0.3 is 20.3 Å². The summed E-state index contributed by atoms with van der Waals surface area (Å²) in [5, 5.41) is 7.11. The Morgan fingerprint density at radius 1 is 1.28 bits per heavy atom. The summed E-state index contributed by atoms with van der Waals surface area (Å²) in [6.07, 6.45) is 7.19. The van der Waals surface area contributed by atoms with E-state index in [0.717, 1.165) is 30.2 Å². The molecule has 0 aromatic heterocycles. The van der Waals surface area contributed by atoms with Crippen molar-refractivity contribution >= 4 is 35.8 Å². The normalized spacial score (nSPS) is 20.1. The zero-order valence-corrected chi connectivity index (χ0v) is 20.2. The van der Waals surface area contributed by atoms with Crippen LogP contribution in [0.4, 0.5) is 0 Å². The fourth-order valence-corrected chi connectivity index (χ4v) is 4.15. The Hall–Kier alpha value is -1.51. The number of nitrogens with zero attached hydrogens (tertiary/aromatic N) is 2. The van der Waals surface area contributed by atoms with E-state index < -0.39 is 0 Å². The van der Waals surface area contributed by atoms with Gasteiger partial charge in [0.1, 0.15) is 12.3 Å². The number of guanidine groups is 1. The second-order valence-corrected chi connectivity index (χ2v) is 8.24. The summed E-state index contributed by atoms with van der Waals surface area (Å²) in [4.78, 5) is 18.2. The number of nitrogens with one attached hydrogen (secondary N) is 2. The minimum Gasteiger partial charge on any atom is -0.493 e. The highest BCUT2D eigenvalue weighted by molar-refractivity contribution is 14.0. The molecule has 1 amide bonds. The van der Waals surface area contributed by atoms with Crippen LogP contribution in [0.2, 0.25) is 0 Å². The van der Waals surface area contributed by atoms with Gasteiger partial charge in [0.25, 0.3) is 0 Å². The van der Waals surface area contributed by atoms with Gasteiger partial charge in [0.05, 0.1) is 12.6 Å². The lowest BCUT2D eigenvalue weighted by Gasteiger charge is -2.31. The fourth-order valence-electron chi connectivity index (χ4n) is 4.15. The van der Waals surface area contributed by atoms with Gasteiger partial charge in [0.2, 0.25) is 5.91 Å². The number of amides is 1. The van der Waals surface area contributed by atoms with Crippen LogP contribution in [0.15, 0.2) is 29.3 Å². The van der Waals surface area contributed by atoms with Crippen molar-refractivity contribution in [2.75, 3.05) is 33.8 Å². The van der Waals surface area contributed by atoms with Crippen LogP contribution < -0.4 is 15.4 Å². The van der Waals surface area contributed by atoms with Crippen molar-refractivity contribution < 1.29 is 9.53 Å². The minimum atomic E-state index is -0.000418. The lowest BCUT2D eigenvalue weighted by Crippen LogP contribution is -2.45. The molecule has 1 saturated carbocycles. The SMILES string of the molecule is CCC1(CNC(=NCC(=O)N(C)C)NC2CCOc3ccccc32)CCCC1.I. The van der Waals surface area contributed by atoms with Gasteiger partial charge in [-0.05, 0) is 30.7 Å². The monoisotopic (exact) mass is 514 g/mol. The van der Waals surface area contributed by atoms with E-state index in [1.807, 2.05) is 18.2 Å². The van der Waals surface area contributed by atoms with Crippen molar-refractivity contribution in [1.29, 1.82) is 0 Å². The molecule has 6 nitrogen and oxygen atoms in total. The summed E-state index contributed by atoms with van der Waals surface area (Å²) in [5.41, 5.74) is 1.50. The Labute approximate surface area is 191 Å². The predicted octanol–water partition coefficient (Wildman–Crippen LogP) is 3.72. The lowest BCUT2D eigenvalue weighted by atomic mass is 9.83. The molecule has 1 aromatic carbocycles. The van der Waals surface area contributed by atoms with Crippen molar-refractivity contribution in [3.63, 3.8) is 0 Å². The molecule has 1 atom stereocenters. The molecule has 0 bridgehead atoms. The first-order chi connectivity index (χ1) is 13.5. The molecule has 162 valence electrons. The van der Waals surface area contributed by atoms with Crippen LogP contribution in [0.1, 0.15) is 57.1 Å². The van der Waals surface area contributed by atoms with Gasteiger partial charge in [0, 0.05) is 32.6 Å². The Morgan fingerprint density at radius 3 is 2.69 bits per heavy atom. The molecular weight excluding hydrogens is 479 g/mol. The van der Waals surface area contributed by atoms with E-state index in [0.29, 0.717) is 12.0 Å². The number of carbonyl (C=O) groups is 1. The molecule has 1 aliphatic carbocycles. The van der Waals surface area contributed by atoms with Crippen LogP contribution in [-0.4, -0.2) is 50.6 Å². The molecule has 7 heteroatoms. The van der Waals surface area contributed by atoms with Gasteiger partial charge in [-0.15, -0.1) is 24.0 Å². The van der Waals surface area contributed by atoms with Crippen molar-refractivity contribution in [3.8, 4) is 5.75 Å². The summed E-state index contributed by atoms with van der Waals surface area (Å²) in [5.74, 6) is 1.65. The number of fused-ring (bicyclic) bond motifs is 1. The Kier molecular flexibility index (Phi) is 9.04. The van der Waals surface area contributed by atoms with Crippen molar-refractivity contribution in [2.24, 2.45) is 10.4 Å². The van der Waals surface area contributed by atoms with E-state index in [1.165, 1.54) is 32.1 Å². The van der Waals surface area contributed by atoms with E-state index in [9.17, 15) is 4.79 Å². The topological polar surface area (TPSA) is 66.0 Å². The third kappa shape index (κ3) is 6.23. The number of carbonyl (C=O) groups excluding carboxylic acids is 1. The second-order valence-electron chi connectivity index (χ2n) is 8.24. The van der Waals surface area contributed by atoms with E-state index >= 15 is 0 Å². The Bertz CT molecular complexity index is 702. The highest BCUT2D eigenvalue weighted by atomic mass is 127. The standard InChI is InChI=1S/C22H34N4O2.HI/c1-4-22(12-7-8-13-22)16-24-21(23-15-20(27)26(2)3)25-18-11-14-28-19-10-6-5-9-17(18)19;/h5-6,9-10,18H,4,7-8,11-16H2,1-3H3,(H2,23,24,25);1H. The maximum atomic E-state index is 12.1. The molecule has 2 aliphatic rings. The zero-order valence-electron chi connectivity index (χ0n) is 17.9. The molecule has 0 radical (unpaired) electrons. The minimum absolute atomic E-state index is 0. The van der Waals surface area contributed by atoms with Crippen LogP contribution in [-0.2, 0) is 4.79 Å². The molecule has 1 unspecified atom stereocenters. The number of benzene rings is 1. The van der Waals surface area contributed by atoms with Gasteiger partial charge in [-0.2, -0.15) is 0 Å². The number of halogens is 1. The maximum absolute atomic E-state index is 12.1. The van der Waals surface area contributed by atoms with Gasteiger partial charge in [0.15, 0.2) is 5.96 Å². The molecule has 1 aliphatic heterocycles. The molecular formula is C22H35IN4O2. The van der Waals surface area contributed by atoms with Gasteiger partial charge in [-0.25, -0.2) is 4.99 Å².